The normalized spacial score (nSPS) is 12.0. The molecule has 4 rings (SSSR count). The maximum atomic E-state index is 12.3. The highest BCUT2D eigenvalue weighted by Crippen LogP contribution is 2.32. The van der Waals surface area contributed by atoms with Crippen molar-refractivity contribution < 1.29 is 14.3 Å². The summed E-state index contributed by atoms with van der Waals surface area (Å²) in [6, 6.07) is 12.2. The average Bonchev–Trinajstić information content (AvgIpc) is 3.14. The first-order chi connectivity index (χ1) is 13.1. The topological polar surface area (TPSA) is 93.3 Å². The van der Waals surface area contributed by atoms with Gasteiger partial charge in [-0.1, -0.05) is 17.7 Å². The Morgan fingerprint density at radius 2 is 1.93 bits per heavy atom. The summed E-state index contributed by atoms with van der Waals surface area (Å²) >= 11 is 5.85. The van der Waals surface area contributed by atoms with Crippen molar-refractivity contribution in [1.82, 2.24) is 15.3 Å². The van der Waals surface area contributed by atoms with Gasteiger partial charge in [-0.3, -0.25) is 9.59 Å². The largest absolute Gasteiger partial charge is 0.454 e. The SMILES string of the molecule is O=C(NCc1ccc2c(c1)OCO2)c1cnc(-c2ccc(Cl)cc2)[nH]c1=O. The summed E-state index contributed by atoms with van der Waals surface area (Å²) in [5.41, 5.74) is 0.949. The Balaban J connectivity index is 1.47. The van der Waals surface area contributed by atoms with E-state index in [1.165, 1.54) is 6.20 Å². The van der Waals surface area contributed by atoms with Crippen LogP contribution in [0.25, 0.3) is 11.4 Å². The smallest absolute Gasteiger partial charge is 0.264 e. The predicted molar refractivity (Wildman–Crippen MR) is 99.0 cm³/mol. The van der Waals surface area contributed by atoms with Gasteiger partial charge in [-0.2, -0.15) is 0 Å². The average molecular weight is 384 g/mol. The third-order valence-corrected chi connectivity index (χ3v) is 4.30. The van der Waals surface area contributed by atoms with Crippen LogP contribution < -0.4 is 20.3 Å². The van der Waals surface area contributed by atoms with Crippen LogP contribution in [0.4, 0.5) is 0 Å². The lowest BCUT2D eigenvalue weighted by Crippen LogP contribution is -2.29. The van der Waals surface area contributed by atoms with Crippen molar-refractivity contribution in [2.45, 2.75) is 6.54 Å². The van der Waals surface area contributed by atoms with E-state index in [9.17, 15) is 9.59 Å². The second-order valence-corrected chi connectivity index (χ2v) is 6.29. The number of fused-ring (bicyclic) bond motifs is 1. The number of aromatic nitrogens is 2. The molecule has 7 nitrogen and oxygen atoms in total. The van der Waals surface area contributed by atoms with Gasteiger partial charge >= 0.3 is 0 Å². The van der Waals surface area contributed by atoms with Crippen molar-refractivity contribution in [2.75, 3.05) is 6.79 Å². The molecule has 0 saturated carbocycles. The summed E-state index contributed by atoms with van der Waals surface area (Å²) in [4.78, 5) is 31.4. The van der Waals surface area contributed by atoms with Gasteiger partial charge in [0.25, 0.3) is 11.5 Å². The molecule has 0 atom stereocenters. The Morgan fingerprint density at radius 1 is 1.15 bits per heavy atom. The second kappa shape index (κ2) is 7.13. The minimum Gasteiger partial charge on any atom is -0.454 e. The van der Waals surface area contributed by atoms with E-state index >= 15 is 0 Å². The summed E-state index contributed by atoms with van der Waals surface area (Å²) in [5, 5.41) is 3.29. The van der Waals surface area contributed by atoms with E-state index in [0.717, 1.165) is 5.56 Å². The summed E-state index contributed by atoms with van der Waals surface area (Å²) in [6.45, 7) is 0.431. The number of aromatic amines is 1. The zero-order valence-corrected chi connectivity index (χ0v) is 14.7. The Hall–Kier alpha value is -3.32. The van der Waals surface area contributed by atoms with Gasteiger partial charge in [-0.15, -0.1) is 0 Å². The standard InChI is InChI=1S/C19H14ClN3O4/c20-13-4-2-12(3-5-13)17-21-9-14(19(25)23-17)18(24)22-8-11-1-6-15-16(7-11)27-10-26-15/h1-7,9H,8,10H2,(H,22,24)(H,21,23,25). The summed E-state index contributed by atoms with van der Waals surface area (Å²) < 4.78 is 10.6. The third-order valence-electron chi connectivity index (χ3n) is 4.05. The highest BCUT2D eigenvalue weighted by atomic mass is 35.5. The van der Waals surface area contributed by atoms with Crippen LogP contribution in [-0.4, -0.2) is 22.7 Å². The first-order valence-electron chi connectivity index (χ1n) is 8.12. The van der Waals surface area contributed by atoms with E-state index in [1.54, 1.807) is 36.4 Å². The lowest BCUT2D eigenvalue weighted by molar-refractivity contribution is 0.0949. The minimum atomic E-state index is -0.516. The maximum Gasteiger partial charge on any atom is 0.264 e. The van der Waals surface area contributed by atoms with E-state index in [0.29, 0.717) is 27.9 Å². The summed E-state index contributed by atoms with van der Waals surface area (Å²) in [5.74, 6) is 1.16. The van der Waals surface area contributed by atoms with Gasteiger partial charge < -0.3 is 19.8 Å². The van der Waals surface area contributed by atoms with E-state index in [4.69, 9.17) is 21.1 Å². The number of carbonyl (C=O) groups is 1. The molecule has 0 unspecified atom stereocenters. The maximum absolute atomic E-state index is 12.3. The van der Waals surface area contributed by atoms with E-state index < -0.39 is 11.5 Å². The number of hydrogen-bond acceptors (Lipinski definition) is 5. The zero-order valence-electron chi connectivity index (χ0n) is 14.0. The number of halogens is 1. The quantitative estimate of drug-likeness (QED) is 0.722. The predicted octanol–water partition coefficient (Wildman–Crippen LogP) is 2.75. The van der Waals surface area contributed by atoms with Crippen molar-refractivity contribution in [3.8, 4) is 22.9 Å². The summed E-state index contributed by atoms with van der Waals surface area (Å²) in [7, 11) is 0. The summed E-state index contributed by atoms with van der Waals surface area (Å²) in [6.07, 6.45) is 1.26. The van der Waals surface area contributed by atoms with Gasteiger partial charge in [-0.25, -0.2) is 4.98 Å². The zero-order chi connectivity index (χ0) is 18.8. The number of amides is 1. The van der Waals surface area contributed by atoms with E-state index in [2.05, 4.69) is 15.3 Å². The van der Waals surface area contributed by atoms with Crippen LogP contribution in [0.5, 0.6) is 11.5 Å². The Labute approximate surface area is 158 Å². The molecular weight excluding hydrogens is 370 g/mol. The van der Waals surface area contributed by atoms with Crippen molar-refractivity contribution in [3.63, 3.8) is 0 Å². The molecular formula is C19H14ClN3O4. The third kappa shape index (κ3) is 3.63. The van der Waals surface area contributed by atoms with Gasteiger partial charge in [0.15, 0.2) is 11.5 Å². The molecule has 2 aromatic carbocycles. The molecule has 2 heterocycles. The van der Waals surface area contributed by atoms with Crippen LogP contribution in [0.15, 0.2) is 53.5 Å². The first kappa shape index (κ1) is 17.1. The van der Waals surface area contributed by atoms with Crippen molar-refractivity contribution in [1.29, 1.82) is 0 Å². The molecule has 1 aromatic heterocycles. The molecule has 136 valence electrons. The van der Waals surface area contributed by atoms with Crippen LogP contribution in [0.3, 0.4) is 0 Å². The molecule has 27 heavy (non-hydrogen) atoms. The van der Waals surface area contributed by atoms with Crippen molar-refractivity contribution in [2.24, 2.45) is 0 Å². The number of hydrogen-bond donors (Lipinski definition) is 2. The molecule has 0 spiro atoms. The fraction of sp³-hybridized carbons (Fsp3) is 0.105. The number of benzene rings is 2. The van der Waals surface area contributed by atoms with Crippen LogP contribution in [0.2, 0.25) is 5.02 Å². The van der Waals surface area contributed by atoms with Gasteiger partial charge in [-0.05, 0) is 42.0 Å². The van der Waals surface area contributed by atoms with Gasteiger partial charge in [0.1, 0.15) is 11.4 Å². The monoisotopic (exact) mass is 383 g/mol. The Morgan fingerprint density at radius 3 is 2.70 bits per heavy atom. The Kier molecular flexibility index (Phi) is 4.52. The van der Waals surface area contributed by atoms with Gasteiger partial charge in [0, 0.05) is 23.3 Å². The molecule has 0 radical (unpaired) electrons. The van der Waals surface area contributed by atoms with Crippen molar-refractivity contribution >= 4 is 17.5 Å². The number of nitrogens with one attached hydrogen (secondary N) is 2. The van der Waals surface area contributed by atoms with Gasteiger partial charge in [0.05, 0.1) is 0 Å². The number of H-pyrrole nitrogens is 1. The Bertz CT molecular complexity index is 1060. The molecule has 1 aliphatic heterocycles. The molecule has 0 bridgehead atoms. The molecule has 1 aliphatic rings. The fourth-order valence-electron chi connectivity index (χ4n) is 2.64. The first-order valence-corrected chi connectivity index (χ1v) is 8.50. The second-order valence-electron chi connectivity index (χ2n) is 5.85. The van der Waals surface area contributed by atoms with Crippen LogP contribution in [0, 0.1) is 0 Å². The molecule has 8 heteroatoms. The van der Waals surface area contributed by atoms with Crippen molar-refractivity contribution in [3.05, 3.63) is 75.2 Å². The van der Waals surface area contributed by atoms with Crippen LogP contribution in [-0.2, 0) is 6.54 Å². The number of ether oxygens (including phenoxy) is 2. The molecule has 0 aliphatic carbocycles. The number of carbonyl (C=O) groups excluding carboxylic acids is 1. The van der Waals surface area contributed by atoms with Crippen LogP contribution >= 0.6 is 11.6 Å². The minimum absolute atomic E-state index is 0.0616. The highest BCUT2D eigenvalue weighted by molar-refractivity contribution is 6.30. The van der Waals surface area contributed by atoms with Crippen LogP contribution in [0.1, 0.15) is 15.9 Å². The lowest BCUT2D eigenvalue weighted by atomic mass is 10.2. The lowest BCUT2D eigenvalue weighted by Gasteiger charge is -2.07. The molecule has 0 fully saturated rings. The molecule has 3 aromatic rings. The molecule has 1 amide bonds. The van der Waals surface area contributed by atoms with Gasteiger partial charge in [0.2, 0.25) is 6.79 Å². The highest BCUT2D eigenvalue weighted by Gasteiger charge is 2.15. The van der Waals surface area contributed by atoms with E-state index in [-0.39, 0.29) is 18.9 Å². The number of nitrogens with zero attached hydrogens (tertiary/aromatic N) is 1. The fourth-order valence-corrected chi connectivity index (χ4v) is 2.77. The molecule has 0 saturated heterocycles. The van der Waals surface area contributed by atoms with E-state index in [1.807, 2.05) is 6.07 Å². The number of rotatable bonds is 4. The molecule has 2 N–H and O–H groups in total.